The highest BCUT2D eigenvalue weighted by Gasteiger charge is 2.29. The van der Waals surface area contributed by atoms with Crippen molar-refractivity contribution < 1.29 is 9.53 Å². The fraction of sp³-hybridized carbons (Fsp3) is 0.350. The molecule has 0 atom stereocenters. The first-order valence-electron chi connectivity index (χ1n) is 8.76. The minimum atomic E-state index is 0.00637. The van der Waals surface area contributed by atoms with Crippen LogP contribution < -0.4 is 14.5 Å². The highest BCUT2D eigenvalue weighted by molar-refractivity contribution is 5.99. The standard InChI is InChI=1S/C20H23N3O2/c1-21-10-12-22(13-11-21)17-8-5-9-18-20(17)25-15-19(24)23(18)14-16-6-3-2-4-7-16/h2-9H,10-15H2,1H3. The van der Waals surface area contributed by atoms with Gasteiger partial charge in [0, 0.05) is 26.2 Å². The monoisotopic (exact) mass is 337 g/mol. The molecule has 5 heteroatoms. The largest absolute Gasteiger partial charge is 0.479 e. The Balaban J connectivity index is 1.65. The second kappa shape index (κ2) is 6.76. The summed E-state index contributed by atoms with van der Waals surface area (Å²) in [6.07, 6.45) is 0. The zero-order valence-electron chi connectivity index (χ0n) is 14.5. The van der Waals surface area contributed by atoms with Crippen molar-refractivity contribution in [3.8, 4) is 5.75 Å². The van der Waals surface area contributed by atoms with Crippen LogP contribution in [0.5, 0.6) is 5.75 Å². The smallest absolute Gasteiger partial charge is 0.265 e. The van der Waals surface area contributed by atoms with Gasteiger partial charge >= 0.3 is 0 Å². The zero-order chi connectivity index (χ0) is 17.2. The summed E-state index contributed by atoms with van der Waals surface area (Å²) in [7, 11) is 2.15. The van der Waals surface area contributed by atoms with Crippen LogP contribution in [0.3, 0.4) is 0 Å². The first-order valence-corrected chi connectivity index (χ1v) is 8.76. The summed E-state index contributed by atoms with van der Waals surface area (Å²) in [6, 6.07) is 16.2. The Morgan fingerprint density at radius 3 is 2.40 bits per heavy atom. The number of piperazine rings is 1. The van der Waals surface area contributed by atoms with Gasteiger partial charge < -0.3 is 19.4 Å². The number of carbonyl (C=O) groups is 1. The maximum atomic E-state index is 12.5. The number of anilines is 2. The Morgan fingerprint density at radius 2 is 1.64 bits per heavy atom. The molecule has 0 saturated carbocycles. The Morgan fingerprint density at radius 1 is 0.920 bits per heavy atom. The van der Waals surface area contributed by atoms with E-state index in [1.165, 1.54) is 0 Å². The summed E-state index contributed by atoms with van der Waals surface area (Å²) in [5, 5.41) is 0. The number of ether oxygens (including phenoxy) is 1. The summed E-state index contributed by atoms with van der Waals surface area (Å²) in [5.74, 6) is 0.842. The van der Waals surface area contributed by atoms with E-state index in [2.05, 4.69) is 22.9 Å². The van der Waals surface area contributed by atoms with Crippen molar-refractivity contribution in [3.63, 3.8) is 0 Å². The van der Waals surface area contributed by atoms with E-state index in [1.54, 1.807) is 0 Å². The molecule has 0 bridgehead atoms. The van der Waals surface area contributed by atoms with E-state index in [9.17, 15) is 4.79 Å². The third-order valence-corrected chi connectivity index (χ3v) is 4.93. The van der Waals surface area contributed by atoms with Crippen LogP contribution in [-0.4, -0.2) is 50.6 Å². The van der Waals surface area contributed by atoms with Crippen LogP contribution in [0, 0.1) is 0 Å². The molecule has 25 heavy (non-hydrogen) atoms. The maximum Gasteiger partial charge on any atom is 0.265 e. The first-order chi connectivity index (χ1) is 12.2. The summed E-state index contributed by atoms with van der Waals surface area (Å²) >= 11 is 0. The van der Waals surface area contributed by atoms with E-state index < -0.39 is 0 Å². The van der Waals surface area contributed by atoms with Crippen molar-refractivity contribution in [2.75, 3.05) is 49.6 Å². The Labute approximate surface area is 148 Å². The predicted octanol–water partition coefficient (Wildman–Crippen LogP) is 2.36. The van der Waals surface area contributed by atoms with Gasteiger partial charge in [-0.1, -0.05) is 36.4 Å². The highest BCUT2D eigenvalue weighted by atomic mass is 16.5. The number of benzene rings is 2. The Hall–Kier alpha value is -2.53. The van der Waals surface area contributed by atoms with Crippen molar-refractivity contribution in [2.45, 2.75) is 6.54 Å². The molecule has 0 unspecified atom stereocenters. The average Bonchev–Trinajstić information content (AvgIpc) is 2.65. The van der Waals surface area contributed by atoms with Crippen molar-refractivity contribution in [1.29, 1.82) is 0 Å². The van der Waals surface area contributed by atoms with E-state index in [0.29, 0.717) is 6.54 Å². The Bertz CT molecular complexity index is 755. The van der Waals surface area contributed by atoms with Gasteiger partial charge in [0.2, 0.25) is 0 Å². The fourth-order valence-electron chi connectivity index (χ4n) is 3.46. The van der Waals surface area contributed by atoms with Crippen LogP contribution in [0.4, 0.5) is 11.4 Å². The molecule has 2 heterocycles. The summed E-state index contributed by atoms with van der Waals surface area (Å²) in [6.45, 7) is 4.70. The van der Waals surface area contributed by atoms with Gasteiger partial charge in [0.1, 0.15) is 0 Å². The molecule has 130 valence electrons. The van der Waals surface area contributed by atoms with Gasteiger partial charge in [0.15, 0.2) is 12.4 Å². The molecule has 0 N–H and O–H groups in total. The lowest BCUT2D eigenvalue weighted by Crippen LogP contribution is -2.45. The van der Waals surface area contributed by atoms with Gasteiger partial charge in [0.25, 0.3) is 5.91 Å². The maximum absolute atomic E-state index is 12.5. The topological polar surface area (TPSA) is 36.0 Å². The number of likely N-dealkylation sites (N-methyl/N-ethyl adjacent to an activating group) is 1. The summed E-state index contributed by atoms with van der Waals surface area (Å²) in [5.41, 5.74) is 3.08. The molecular weight excluding hydrogens is 314 g/mol. The number of amides is 1. The molecule has 2 aromatic carbocycles. The Kier molecular flexibility index (Phi) is 4.32. The molecule has 0 aromatic heterocycles. The number of hydrogen-bond donors (Lipinski definition) is 0. The van der Waals surface area contributed by atoms with Gasteiger partial charge in [-0.15, -0.1) is 0 Å². The van der Waals surface area contributed by atoms with Crippen LogP contribution >= 0.6 is 0 Å². The van der Waals surface area contributed by atoms with Crippen LogP contribution in [0.2, 0.25) is 0 Å². The number of nitrogens with zero attached hydrogens (tertiary/aromatic N) is 3. The van der Waals surface area contributed by atoms with Gasteiger partial charge in [-0.05, 0) is 24.7 Å². The molecular formula is C20H23N3O2. The van der Waals surface area contributed by atoms with Crippen molar-refractivity contribution in [3.05, 3.63) is 54.1 Å². The molecule has 0 radical (unpaired) electrons. The normalized spacial score (nSPS) is 18.0. The van der Waals surface area contributed by atoms with Crippen LogP contribution in [0.25, 0.3) is 0 Å². The minimum Gasteiger partial charge on any atom is -0.479 e. The molecule has 1 amide bonds. The first kappa shape index (κ1) is 16.0. The highest BCUT2D eigenvalue weighted by Crippen LogP contribution is 2.41. The average molecular weight is 337 g/mol. The molecule has 1 saturated heterocycles. The van der Waals surface area contributed by atoms with E-state index in [0.717, 1.165) is 48.9 Å². The molecule has 0 aliphatic carbocycles. The molecule has 0 spiro atoms. The van der Waals surface area contributed by atoms with E-state index in [-0.39, 0.29) is 12.5 Å². The van der Waals surface area contributed by atoms with Gasteiger partial charge in [-0.3, -0.25) is 4.79 Å². The SMILES string of the molecule is CN1CCN(c2cccc3c2OCC(=O)N3Cc2ccccc2)CC1. The third kappa shape index (κ3) is 3.20. The van der Waals surface area contributed by atoms with Gasteiger partial charge in [0.05, 0.1) is 17.9 Å². The van der Waals surface area contributed by atoms with E-state index >= 15 is 0 Å². The lowest BCUT2D eigenvalue weighted by Gasteiger charge is -2.37. The van der Waals surface area contributed by atoms with Crippen molar-refractivity contribution in [1.82, 2.24) is 4.90 Å². The zero-order valence-corrected chi connectivity index (χ0v) is 14.5. The molecule has 2 aliphatic heterocycles. The van der Waals surface area contributed by atoms with Crippen molar-refractivity contribution >= 4 is 17.3 Å². The van der Waals surface area contributed by atoms with Gasteiger partial charge in [-0.2, -0.15) is 0 Å². The summed E-state index contributed by atoms with van der Waals surface area (Å²) < 4.78 is 5.87. The van der Waals surface area contributed by atoms with Crippen LogP contribution in [-0.2, 0) is 11.3 Å². The molecule has 1 fully saturated rings. The van der Waals surface area contributed by atoms with E-state index in [1.807, 2.05) is 47.4 Å². The molecule has 4 rings (SSSR count). The van der Waals surface area contributed by atoms with Crippen LogP contribution in [0.15, 0.2) is 48.5 Å². The number of rotatable bonds is 3. The van der Waals surface area contributed by atoms with Crippen LogP contribution in [0.1, 0.15) is 5.56 Å². The molecule has 2 aliphatic rings. The van der Waals surface area contributed by atoms with Gasteiger partial charge in [-0.25, -0.2) is 0 Å². The lowest BCUT2D eigenvalue weighted by atomic mass is 10.1. The predicted molar refractivity (Wildman–Crippen MR) is 99.3 cm³/mol. The third-order valence-electron chi connectivity index (χ3n) is 4.93. The minimum absolute atomic E-state index is 0.00637. The van der Waals surface area contributed by atoms with Crippen molar-refractivity contribution in [2.24, 2.45) is 0 Å². The molecule has 5 nitrogen and oxygen atoms in total. The molecule has 2 aromatic rings. The quantitative estimate of drug-likeness (QED) is 0.861. The number of carbonyl (C=O) groups excluding carboxylic acids is 1. The second-order valence-electron chi connectivity index (χ2n) is 6.67. The lowest BCUT2D eigenvalue weighted by molar-refractivity contribution is -0.121. The fourth-order valence-corrected chi connectivity index (χ4v) is 3.46. The van der Waals surface area contributed by atoms with E-state index in [4.69, 9.17) is 4.74 Å². The number of fused-ring (bicyclic) bond motifs is 1. The summed E-state index contributed by atoms with van der Waals surface area (Å²) in [4.78, 5) is 19.0. The second-order valence-corrected chi connectivity index (χ2v) is 6.67. The number of para-hydroxylation sites is 1. The number of hydrogen-bond acceptors (Lipinski definition) is 4.